The summed E-state index contributed by atoms with van der Waals surface area (Å²) < 4.78 is 39.0. The summed E-state index contributed by atoms with van der Waals surface area (Å²) in [7, 11) is -3.81. The van der Waals surface area contributed by atoms with Crippen molar-refractivity contribution in [1.29, 1.82) is 0 Å². The fourth-order valence-corrected chi connectivity index (χ4v) is 6.44. The van der Waals surface area contributed by atoms with Gasteiger partial charge in [0.15, 0.2) is 0 Å². The van der Waals surface area contributed by atoms with E-state index in [-0.39, 0.29) is 56.6 Å². The summed E-state index contributed by atoms with van der Waals surface area (Å²) in [6.45, 7) is 7.24. The Hall–Kier alpha value is -3.68. The van der Waals surface area contributed by atoms with Gasteiger partial charge in [0.1, 0.15) is 12.2 Å². The maximum Gasteiger partial charge on any atom is 0.410 e. The number of piperazine rings is 1. The van der Waals surface area contributed by atoms with Crippen molar-refractivity contribution in [2.45, 2.75) is 56.8 Å². The SMILES string of the molecule is CC(C)(C)OC(=O)N(CCCN)C1CC(=O)N(c2ccc(S(=O)(=O)N3CCN(C(=O)OCc4ccccc4)CC3)cc2)C1. The van der Waals surface area contributed by atoms with Crippen molar-refractivity contribution in [2.75, 3.05) is 50.7 Å². The van der Waals surface area contributed by atoms with E-state index in [2.05, 4.69) is 0 Å². The Morgan fingerprint density at radius 3 is 2.26 bits per heavy atom. The third-order valence-corrected chi connectivity index (χ3v) is 9.18. The van der Waals surface area contributed by atoms with E-state index in [1.807, 2.05) is 30.3 Å². The Morgan fingerprint density at radius 2 is 1.65 bits per heavy atom. The summed E-state index contributed by atoms with van der Waals surface area (Å²) in [5.41, 5.74) is 6.41. The number of nitrogens with two attached hydrogens (primary N) is 1. The normalized spacial score (nSPS) is 18.0. The average Bonchev–Trinajstić information content (AvgIpc) is 3.36. The second-order valence-corrected chi connectivity index (χ2v) is 13.5. The lowest BCUT2D eigenvalue weighted by Gasteiger charge is -2.33. The third kappa shape index (κ3) is 8.24. The Kier molecular flexibility index (Phi) is 10.3. The molecule has 234 valence electrons. The summed E-state index contributed by atoms with van der Waals surface area (Å²) in [6.07, 6.45) is -0.277. The van der Waals surface area contributed by atoms with Crippen LogP contribution in [0.2, 0.25) is 0 Å². The van der Waals surface area contributed by atoms with E-state index in [4.69, 9.17) is 15.2 Å². The summed E-state index contributed by atoms with van der Waals surface area (Å²) in [5, 5.41) is 0. The maximum atomic E-state index is 13.3. The van der Waals surface area contributed by atoms with Crippen molar-refractivity contribution in [3.8, 4) is 0 Å². The van der Waals surface area contributed by atoms with Crippen LogP contribution >= 0.6 is 0 Å². The van der Waals surface area contributed by atoms with E-state index in [0.29, 0.717) is 25.2 Å². The number of rotatable bonds is 9. The average molecular weight is 616 g/mol. The van der Waals surface area contributed by atoms with E-state index in [0.717, 1.165) is 5.56 Å². The van der Waals surface area contributed by atoms with E-state index in [1.54, 1.807) is 42.7 Å². The van der Waals surface area contributed by atoms with Crippen molar-refractivity contribution >= 4 is 33.8 Å². The van der Waals surface area contributed by atoms with E-state index >= 15 is 0 Å². The Morgan fingerprint density at radius 1 is 1.00 bits per heavy atom. The van der Waals surface area contributed by atoms with Crippen LogP contribution in [-0.2, 0) is 30.9 Å². The van der Waals surface area contributed by atoms with Gasteiger partial charge in [0.05, 0.1) is 10.9 Å². The molecule has 4 rings (SSSR count). The highest BCUT2D eigenvalue weighted by Gasteiger charge is 2.38. The molecule has 2 aromatic rings. The number of benzene rings is 2. The lowest BCUT2D eigenvalue weighted by molar-refractivity contribution is -0.117. The van der Waals surface area contributed by atoms with Crippen molar-refractivity contribution in [2.24, 2.45) is 5.73 Å². The Balaban J connectivity index is 1.35. The van der Waals surface area contributed by atoms with Crippen LogP contribution in [0.5, 0.6) is 0 Å². The molecule has 2 heterocycles. The van der Waals surface area contributed by atoms with Crippen LogP contribution in [0.25, 0.3) is 0 Å². The molecular formula is C30H41N5O7S. The Bertz CT molecular complexity index is 1370. The van der Waals surface area contributed by atoms with Crippen LogP contribution in [0.15, 0.2) is 59.5 Å². The summed E-state index contributed by atoms with van der Waals surface area (Å²) in [4.78, 5) is 43.0. The van der Waals surface area contributed by atoms with Gasteiger partial charge in [0.25, 0.3) is 0 Å². The van der Waals surface area contributed by atoms with Gasteiger partial charge in [-0.2, -0.15) is 4.31 Å². The molecule has 12 nitrogen and oxygen atoms in total. The zero-order chi connectivity index (χ0) is 31.2. The number of ether oxygens (including phenoxy) is 2. The highest BCUT2D eigenvalue weighted by Crippen LogP contribution is 2.28. The zero-order valence-corrected chi connectivity index (χ0v) is 25.8. The molecule has 0 bridgehead atoms. The molecule has 2 fully saturated rings. The lowest BCUT2D eigenvalue weighted by atomic mass is 10.2. The van der Waals surface area contributed by atoms with Gasteiger partial charge in [-0.25, -0.2) is 18.0 Å². The number of amides is 3. The first kappa shape index (κ1) is 32.2. The van der Waals surface area contributed by atoms with Crippen LogP contribution in [0.4, 0.5) is 15.3 Å². The van der Waals surface area contributed by atoms with E-state index in [1.165, 1.54) is 21.3 Å². The minimum Gasteiger partial charge on any atom is -0.445 e. The summed E-state index contributed by atoms with van der Waals surface area (Å²) in [5.74, 6) is -0.169. The number of hydrogen-bond acceptors (Lipinski definition) is 8. The third-order valence-electron chi connectivity index (χ3n) is 7.26. The van der Waals surface area contributed by atoms with Gasteiger partial charge >= 0.3 is 12.2 Å². The molecule has 2 aliphatic rings. The van der Waals surface area contributed by atoms with E-state index < -0.39 is 33.9 Å². The molecule has 13 heteroatoms. The molecule has 0 aromatic heterocycles. The molecule has 3 amide bonds. The molecule has 0 saturated carbocycles. The molecule has 2 aliphatic heterocycles. The lowest BCUT2D eigenvalue weighted by Crippen LogP contribution is -2.50. The minimum absolute atomic E-state index is 0.0953. The quantitative estimate of drug-likeness (QED) is 0.454. The first-order chi connectivity index (χ1) is 20.4. The molecule has 2 saturated heterocycles. The fourth-order valence-electron chi connectivity index (χ4n) is 5.02. The molecular weight excluding hydrogens is 574 g/mol. The van der Waals surface area contributed by atoms with E-state index in [9.17, 15) is 22.8 Å². The second kappa shape index (κ2) is 13.7. The van der Waals surface area contributed by atoms with Gasteiger partial charge in [-0.05, 0) is 63.6 Å². The number of sulfonamides is 1. The molecule has 2 aromatic carbocycles. The summed E-state index contributed by atoms with van der Waals surface area (Å²) >= 11 is 0. The largest absolute Gasteiger partial charge is 0.445 e. The molecule has 1 unspecified atom stereocenters. The van der Waals surface area contributed by atoms with Crippen LogP contribution in [-0.4, -0.2) is 98.1 Å². The number of nitrogens with zero attached hydrogens (tertiary/aromatic N) is 4. The van der Waals surface area contributed by atoms with Gasteiger partial charge in [-0.15, -0.1) is 0 Å². The molecule has 1 atom stereocenters. The highest BCUT2D eigenvalue weighted by molar-refractivity contribution is 7.89. The molecule has 2 N–H and O–H groups in total. The minimum atomic E-state index is -3.81. The first-order valence-corrected chi connectivity index (χ1v) is 15.9. The maximum absolute atomic E-state index is 13.3. The van der Waals surface area contributed by atoms with Crippen LogP contribution in [0.1, 0.15) is 39.2 Å². The van der Waals surface area contributed by atoms with Crippen LogP contribution < -0.4 is 10.6 Å². The van der Waals surface area contributed by atoms with Crippen molar-refractivity contribution in [3.05, 3.63) is 60.2 Å². The number of anilines is 1. The molecule has 0 spiro atoms. The fraction of sp³-hybridized carbons (Fsp3) is 0.500. The van der Waals surface area contributed by atoms with Crippen LogP contribution in [0, 0.1) is 0 Å². The molecule has 0 aliphatic carbocycles. The van der Waals surface area contributed by atoms with Gasteiger partial charge in [-0.3, -0.25) is 4.79 Å². The van der Waals surface area contributed by atoms with Crippen molar-refractivity contribution < 1.29 is 32.3 Å². The van der Waals surface area contributed by atoms with Gasteiger partial charge in [0.2, 0.25) is 15.9 Å². The first-order valence-electron chi connectivity index (χ1n) is 14.4. The van der Waals surface area contributed by atoms with Crippen LogP contribution in [0.3, 0.4) is 0 Å². The topological polar surface area (TPSA) is 143 Å². The zero-order valence-electron chi connectivity index (χ0n) is 25.0. The number of carbonyl (C=O) groups is 3. The predicted molar refractivity (Wildman–Crippen MR) is 161 cm³/mol. The van der Waals surface area contributed by atoms with Crippen molar-refractivity contribution in [3.63, 3.8) is 0 Å². The number of hydrogen-bond donors (Lipinski definition) is 1. The molecule has 43 heavy (non-hydrogen) atoms. The standard InChI is InChI=1S/C30H41N5O7S/c1-30(2,3)42-29(38)34(15-7-14-31)25-20-27(36)35(21-25)24-10-12-26(13-11-24)43(39,40)33-18-16-32(17-19-33)28(37)41-22-23-8-5-4-6-9-23/h4-6,8-13,25H,7,14-22,31H2,1-3H3. The van der Waals surface area contributed by atoms with Gasteiger partial charge in [-0.1, -0.05) is 30.3 Å². The highest BCUT2D eigenvalue weighted by atomic mass is 32.2. The molecule has 0 radical (unpaired) electrons. The summed E-state index contributed by atoms with van der Waals surface area (Å²) in [6, 6.07) is 15.1. The number of carbonyl (C=O) groups excluding carboxylic acids is 3. The monoisotopic (exact) mass is 615 g/mol. The second-order valence-electron chi connectivity index (χ2n) is 11.6. The van der Waals surface area contributed by atoms with Crippen molar-refractivity contribution in [1.82, 2.24) is 14.1 Å². The predicted octanol–water partition coefficient (Wildman–Crippen LogP) is 3.02. The van der Waals surface area contributed by atoms with Gasteiger partial charge in [0, 0.05) is 51.4 Å². The van der Waals surface area contributed by atoms with Gasteiger partial charge < -0.3 is 29.9 Å². The Labute approximate surface area is 253 Å². The smallest absolute Gasteiger partial charge is 0.410 e.